The quantitative estimate of drug-likeness (QED) is 0.436. The van der Waals surface area contributed by atoms with Crippen LogP contribution < -0.4 is 0 Å². The number of nitrogens with zero attached hydrogens (tertiary/aromatic N) is 2. The zero-order valence-electron chi connectivity index (χ0n) is 15.5. The van der Waals surface area contributed by atoms with Gasteiger partial charge in [-0.15, -0.1) is 0 Å². The fraction of sp³-hybridized carbons (Fsp3) is 0.0909. The molecule has 2 heterocycles. The molecular formula is C22H17BrN2O3S. The Kier molecular flexibility index (Phi) is 5.99. The number of hydrogen-bond donors (Lipinski definition) is 0. The van der Waals surface area contributed by atoms with Crippen molar-refractivity contribution in [1.82, 2.24) is 4.90 Å². The molecule has 7 heteroatoms. The van der Waals surface area contributed by atoms with Crippen molar-refractivity contribution in [2.75, 3.05) is 13.8 Å². The molecule has 4 rings (SSSR count). The van der Waals surface area contributed by atoms with Gasteiger partial charge in [0.25, 0.3) is 5.91 Å². The summed E-state index contributed by atoms with van der Waals surface area (Å²) in [5.41, 5.74) is 1.75. The number of carbonyl (C=O) groups excluding carboxylic acids is 1. The number of hydrogen-bond acceptors (Lipinski definition) is 5. The van der Waals surface area contributed by atoms with Crippen LogP contribution in [0.5, 0.6) is 0 Å². The molecule has 3 aromatic rings. The highest BCUT2D eigenvalue weighted by atomic mass is 79.9. The first-order chi connectivity index (χ1) is 14.1. The van der Waals surface area contributed by atoms with Gasteiger partial charge in [-0.3, -0.25) is 9.69 Å². The summed E-state index contributed by atoms with van der Waals surface area (Å²) >= 11 is 4.73. The Hall–Kier alpha value is -2.61. The van der Waals surface area contributed by atoms with Crippen molar-refractivity contribution in [3.05, 3.63) is 81.9 Å². The van der Waals surface area contributed by atoms with E-state index in [1.165, 1.54) is 16.7 Å². The molecule has 1 aliphatic heterocycles. The molecular weight excluding hydrogens is 452 g/mol. The Labute approximate surface area is 181 Å². The highest BCUT2D eigenvalue weighted by molar-refractivity contribution is 9.10. The number of rotatable bonds is 5. The number of aliphatic imine (C=N–C) groups is 1. The van der Waals surface area contributed by atoms with E-state index in [9.17, 15) is 4.79 Å². The van der Waals surface area contributed by atoms with Crippen molar-refractivity contribution in [3.63, 3.8) is 0 Å². The van der Waals surface area contributed by atoms with E-state index < -0.39 is 0 Å². The Balaban J connectivity index is 1.61. The van der Waals surface area contributed by atoms with Gasteiger partial charge in [0.05, 0.1) is 10.6 Å². The van der Waals surface area contributed by atoms with E-state index in [4.69, 9.17) is 9.15 Å². The van der Waals surface area contributed by atoms with Crippen LogP contribution in [0.15, 0.2) is 85.5 Å². The van der Waals surface area contributed by atoms with Gasteiger partial charge in [0.15, 0.2) is 5.17 Å². The van der Waals surface area contributed by atoms with E-state index in [1.807, 2.05) is 66.7 Å². The summed E-state index contributed by atoms with van der Waals surface area (Å²) in [6, 6.07) is 21.1. The van der Waals surface area contributed by atoms with Crippen molar-refractivity contribution in [3.8, 4) is 11.3 Å². The molecule has 1 aromatic heterocycles. The minimum Gasteiger partial charge on any atom is -0.457 e. The molecule has 1 amide bonds. The maximum Gasteiger partial charge on any atom is 0.268 e. The Morgan fingerprint density at radius 2 is 1.86 bits per heavy atom. The minimum absolute atomic E-state index is 0.136. The standard InChI is InChI=1S/C22H17BrN2O3S/c1-27-14-25-21(26)20(29-22(25)24-17-5-3-2-4-6-17)13-18-11-12-19(28-18)15-7-9-16(23)10-8-15/h2-13H,14H2,1H3/b20-13+,24-22?. The van der Waals surface area contributed by atoms with E-state index in [-0.39, 0.29) is 12.6 Å². The molecule has 1 aliphatic rings. The summed E-state index contributed by atoms with van der Waals surface area (Å²) in [5.74, 6) is 1.19. The lowest BCUT2D eigenvalue weighted by Crippen LogP contribution is -2.30. The largest absolute Gasteiger partial charge is 0.457 e. The van der Waals surface area contributed by atoms with Crippen molar-refractivity contribution in [1.29, 1.82) is 0 Å². The van der Waals surface area contributed by atoms with Crippen LogP contribution in [0.1, 0.15) is 5.76 Å². The Morgan fingerprint density at radius 1 is 1.10 bits per heavy atom. The summed E-state index contributed by atoms with van der Waals surface area (Å²) in [7, 11) is 1.55. The van der Waals surface area contributed by atoms with Crippen LogP contribution >= 0.6 is 27.7 Å². The number of halogens is 1. The SMILES string of the molecule is COCN1C(=O)/C(=C\c2ccc(-c3ccc(Br)cc3)o2)SC1=Nc1ccccc1. The van der Waals surface area contributed by atoms with Crippen LogP contribution in [-0.4, -0.2) is 29.8 Å². The fourth-order valence-electron chi connectivity index (χ4n) is 2.78. The van der Waals surface area contributed by atoms with Crippen molar-refractivity contribution < 1.29 is 13.9 Å². The summed E-state index contributed by atoms with van der Waals surface area (Å²) in [6.07, 6.45) is 1.74. The number of methoxy groups -OCH3 is 1. The van der Waals surface area contributed by atoms with Crippen LogP contribution in [0.25, 0.3) is 17.4 Å². The van der Waals surface area contributed by atoms with Crippen LogP contribution in [-0.2, 0) is 9.53 Å². The van der Waals surface area contributed by atoms with E-state index >= 15 is 0 Å². The average molecular weight is 469 g/mol. The number of carbonyl (C=O) groups is 1. The van der Waals surface area contributed by atoms with Gasteiger partial charge in [0, 0.05) is 23.2 Å². The van der Waals surface area contributed by atoms with Crippen LogP contribution in [0.3, 0.4) is 0 Å². The van der Waals surface area contributed by atoms with E-state index in [0.717, 1.165) is 21.5 Å². The number of thioether (sulfide) groups is 1. The second-order valence-corrected chi connectivity index (χ2v) is 8.13. The molecule has 0 N–H and O–H groups in total. The second-order valence-electron chi connectivity index (χ2n) is 6.20. The molecule has 0 bridgehead atoms. The molecule has 0 unspecified atom stereocenters. The molecule has 1 fully saturated rings. The number of amidine groups is 1. The third-order valence-corrected chi connectivity index (χ3v) is 5.69. The number of amides is 1. The molecule has 146 valence electrons. The first kappa shape index (κ1) is 19.7. The summed E-state index contributed by atoms with van der Waals surface area (Å²) in [5, 5.41) is 0.578. The lowest BCUT2D eigenvalue weighted by molar-refractivity contribution is -0.125. The lowest BCUT2D eigenvalue weighted by atomic mass is 10.2. The lowest BCUT2D eigenvalue weighted by Gasteiger charge is -2.13. The normalized spacial score (nSPS) is 16.9. The summed E-state index contributed by atoms with van der Waals surface area (Å²) in [4.78, 5) is 19.5. The molecule has 0 aliphatic carbocycles. The molecule has 29 heavy (non-hydrogen) atoms. The predicted molar refractivity (Wildman–Crippen MR) is 120 cm³/mol. The molecule has 0 spiro atoms. The molecule has 0 radical (unpaired) electrons. The van der Waals surface area contributed by atoms with Crippen molar-refractivity contribution >= 4 is 50.5 Å². The molecule has 0 saturated carbocycles. The maximum absolute atomic E-state index is 12.8. The van der Waals surface area contributed by atoms with Gasteiger partial charge in [-0.2, -0.15) is 0 Å². The smallest absolute Gasteiger partial charge is 0.268 e. The number of benzene rings is 2. The molecule has 1 saturated heterocycles. The van der Waals surface area contributed by atoms with E-state index in [0.29, 0.717) is 15.8 Å². The highest BCUT2D eigenvalue weighted by Crippen LogP contribution is 2.35. The fourth-order valence-corrected chi connectivity index (χ4v) is 4.01. The van der Waals surface area contributed by atoms with Crippen molar-refractivity contribution in [2.45, 2.75) is 0 Å². The molecule has 0 atom stereocenters. The average Bonchev–Trinajstić information content (AvgIpc) is 3.30. The van der Waals surface area contributed by atoms with Gasteiger partial charge in [-0.1, -0.05) is 46.3 Å². The van der Waals surface area contributed by atoms with Crippen molar-refractivity contribution in [2.24, 2.45) is 4.99 Å². The van der Waals surface area contributed by atoms with Gasteiger partial charge >= 0.3 is 0 Å². The van der Waals surface area contributed by atoms with Gasteiger partial charge in [-0.25, -0.2) is 4.99 Å². The third-order valence-electron chi connectivity index (χ3n) is 4.16. The van der Waals surface area contributed by atoms with Crippen LogP contribution in [0.2, 0.25) is 0 Å². The Bertz CT molecular complexity index is 1070. The Morgan fingerprint density at radius 3 is 2.59 bits per heavy atom. The first-order valence-corrected chi connectivity index (χ1v) is 10.4. The van der Waals surface area contributed by atoms with Gasteiger partial charge in [-0.05, 0) is 48.2 Å². The second kappa shape index (κ2) is 8.82. The first-order valence-electron chi connectivity index (χ1n) is 8.84. The van der Waals surface area contributed by atoms with E-state index in [1.54, 1.807) is 13.2 Å². The molecule has 2 aromatic carbocycles. The monoisotopic (exact) mass is 468 g/mol. The van der Waals surface area contributed by atoms with Gasteiger partial charge < -0.3 is 9.15 Å². The van der Waals surface area contributed by atoms with Gasteiger partial charge in [0.1, 0.15) is 18.3 Å². The highest BCUT2D eigenvalue weighted by Gasteiger charge is 2.33. The van der Waals surface area contributed by atoms with Crippen LogP contribution in [0, 0.1) is 0 Å². The number of ether oxygens (including phenoxy) is 1. The predicted octanol–water partition coefficient (Wildman–Crippen LogP) is 5.92. The zero-order valence-corrected chi connectivity index (χ0v) is 17.9. The molecule has 5 nitrogen and oxygen atoms in total. The summed E-state index contributed by atoms with van der Waals surface area (Å²) < 4.78 is 12.1. The maximum atomic E-state index is 12.8. The van der Waals surface area contributed by atoms with Gasteiger partial charge in [0.2, 0.25) is 0 Å². The topological polar surface area (TPSA) is 55.0 Å². The van der Waals surface area contributed by atoms with E-state index in [2.05, 4.69) is 20.9 Å². The summed E-state index contributed by atoms with van der Waals surface area (Å²) in [6.45, 7) is 0.136. The number of para-hydroxylation sites is 1. The van der Waals surface area contributed by atoms with Crippen LogP contribution in [0.4, 0.5) is 5.69 Å². The minimum atomic E-state index is -0.159. The third kappa shape index (κ3) is 4.53. The zero-order chi connectivity index (χ0) is 20.2. The number of furan rings is 1.